The Morgan fingerprint density at radius 2 is 1.77 bits per heavy atom. The van der Waals surface area contributed by atoms with Gasteiger partial charge in [-0.1, -0.05) is 59.9 Å². The molecular weight excluding hydrogens is 551 g/mol. The summed E-state index contributed by atoms with van der Waals surface area (Å²) in [5.74, 6) is -0.285. The van der Waals surface area contributed by atoms with E-state index in [-0.39, 0.29) is 17.4 Å². The maximum Gasteiger partial charge on any atom is 0.283 e. The van der Waals surface area contributed by atoms with Crippen LogP contribution in [0.4, 0.5) is 11.4 Å². The lowest BCUT2D eigenvalue weighted by Crippen LogP contribution is -2.11. The number of allylic oxidation sites excluding steroid dienone is 1. The number of thioether (sulfide) groups is 1. The number of benzene rings is 4. The number of Topliss-reactive ketones (excluding diaryl/α,β-unsaturated/α-hetero) is 1. The Labute approximate surface area is 235 Å². The largest absolute Gasteiger partial charge is 0.322 e. The highest BCUT2D eigenvalue weighted by Gasteiger charge is 2.26. The third-order valence-corrected chi connectivity index (χ3v) is 9.16. The van der Waals surface area contributed by atoms with Crippen LogP contribution in [0.25, 0.3) is 16.3 Å². The summed E-state index contributed by atoms with van der Waals surface area (Å²) in [6, 6.07) is 26.7. The van der Waals surface area contributed by atoms with Crippen LogP contribution in [0.1, 0.15) is 26.3 Å². The standard InChI is InChI=1S/C29H17N3O4S3/c33-27-20-8-4-5-9-23(20)37-26(27)15-17-10-13-24(22(14-17)32(35)36)38-29-31-21-12-11-19(16-25(21)39-29)30-28(34)18-6-2-1-3-7-18/h1-16H,(H,30,34)/b26-15-. The summed E-state index contributed by atoms with van der Waals surface area (Å²) >= 11 is 3.97. The molecule has 1 N–H and O–H groups in total. The topological polar surface area (TPSA) is 102 Å². The zero-order chi connectivity index (χ0) is 26.9. The predicted molar refractivity (Wildman–Crippen MR) is 156 cm³/mol. The summed E-state index contributed by atoms with van der Waals surface area (Å²) in [6.45, 7) is 0. The number of aromatic nitrogens is 1. The Bertz CT molecular complexity index is 1820. The van der Waals surface area contributed by atoms with Crippen LogP contribution in [0.3, 0.4) is 0 Å². The fourth-order valence-electron chi connectivity index (χ4n) is 4.05. The van der Waals surface area contributed by atoms with Crippen molar-refractivity contribution in [1.29, 1.82) is 0 Å². The Morgan fingerprint density at radius 1 is 0.974 bits per heavy atom. The highest BCUT2D eigenvalue weighted by molar-refractivity contribution is 8.05. The number of thiazole rings is 1. The van der Waals surface area contributed by atoms with E-state index in [1.165, 1.54) is 40.9 Å². The zero-order valence-electron chi connectivity index (χ0n) is 20.0. The number of hydrogen-bond donors (Lipinski definition) is 1. The monoisotopic (exact) mass is 567 g/mol. The number of nitrogens with one attached hydrogen (secondary N) is 1. The van der Waals surface area contributed by atoms with Gasteiger partial charge in [-0.25, -0.2) is 4.98 Å². The number of fused-ring (bicyclic) bond motifs is 2. The van der Waals surface area contributed by atoms with Crippen molar-refractivity contribution in [2.45, 2.75) is 14.1 Å². The maximum absolute atomic E-state index is 12.7. The van der Waals surface area contributed by atoms with Crippen molar-refractivity contribution in [3.05, 3.63) is 123 Å². The molecule has 0 aliphatic carbocycles. The molecule has 7 nitrogen and oxygen atoms in total. The summed E-state index contributed by atoms with van der Waals surface area (Å²) < 4.78 is 1.49. The first-order valence-electron chi connectivity index (χ1n) is 11.7. The molecule has 0 unspecified atom stereocenters. The summed E-state index contributed by atoms with van der Waals surface area (Å²) in [4.78, 5) is 43.2. The van der Waals surface area contributed by atoms with Crippen LogP contribution in [-0.2, 0) is 0 Å². The molecule has 2 heterocycles. The van der Waals surface area contributed by atoms with E-state index in [4.69, 9.17) is 0 Å². The van der Waals surface area contributed by atoms with Gasteiger partial charge in [0.05, 0.1) is 24.9 Å². The molecule has 10 heteroatoms. The summed E-state index contributed by atoms with van der Waals surface area (Å²) in [6.07, 6.45) is 1.69. The van der Waals surface area contributed by atoms with Crippen LogP contribution in [0, 0.1) is 10.1 Å². The quantitative estimate of drug-likeness (QED) is 0.126. The van der Waals surface area contributed by atoms with Gasteiger partial charge in [0.1, 0.15) is 0 Å². The lowest BCUT2D eigenvalue weighted by atomic mass is 10.1. The molecule has 1 aliphatic heterocycles. The van der Waals surface area contributed by atoms with E-state index in [0.29, 0.717) is 36.5 Å². The molecule has 0 radical (unpaired) electrons. The first-order valence-corrected chi connectivity index (χ1v) is 14.2. The number of nitro groups is 1. The predicted octanol–water partition coefficient (Wildman–Crippen LogP) is 7.94. The lowest BCUT2D eigenvalue weighted by molar-refractivity contribution is -0.387. The number of amides is 1. The maximum atomic E-state index is 12.7. The molecule has 1 amide bonds. The molecule has 0 saturated heterocycles. The van der Waals surface area contributed by atoms with Crippen molar-refractivity contribution in [3.8, 4) is 0 Å². The molecule has 1 aliphatic rings. The Morgan fingerprint density at radius 3 is 2.56 bits per heavy atom. The molecule has 0 fully saturated rings. The van der Waals surface area contributed by atoms with E-state index in [2.05, 4.69) is 10.3 Å². The number of nitro benzene ring substituents is 1. The number of ketones is 1. The highest BCUT2D eigenvalue weighted by atomic mass is 32.2. The van der Waals surface area contributed by atoms with Gasteiger partial charge in [-0.05, 0) is 60.2 Å². The van der Waals surface area contributed by atoms with Crippen molar-refractivity contribution in [3.63, 3.8) is 0 Å². The number of nitrogens with zero attached hydrogens (tertiary/aromatic N) is 2. The molecule has 6 rings (SSSR count). The van der Waals surface area contributed by atoms with Crippen LogP contribution in [0.2, 0.25) is 0 Å². The molecule has 39 heavy (non-hydrogen) atoms. The van der Waals surface area contributed by atoms with Gasteiger partial charge in [0.2, 0.25) is 5.78 Å². The molecule has 5 aromatic rings. The first kappa shape index (κ1) is 25.1. The number of hydrogen-bond acceptors (Lipinski definition) is 8. The average molecular weight is 568 g/mol. The average Bonchev–Trinajstić information content (AvgIpc) is 3.49. The Hall–Kier alpha value is -4.25. The Balaban J connectivity index is 1.23. The van der Waals surface area contributed by atoms with Crippen LogP contribution < -0.4 is 5.32 Å². The fourth-order valence-corrected chi connectivity index (χ4v) is 7.25. The molecule has 1 aromatic heterocycles. The SMILES string of the molecule is O=C(Nc1ccc2nc(Sc3ccc(/C=C4\Sc5ccccc5C4=O)cc3[N+](=O)[O-])sc2c1)c1ccccc1. The number of carbonyl (C=O) groups is 2. The molecule has 0 atom stereocenters. The van der Waals surface area contributed by atoms with Gasteiger partial charge in [-0.15, -0.1) is 11.3 Å². The number of anilines is 1. The van der Waals surface area contributed by atoms with Crippen molar-refractivity contribution in [2.24, 2.45) is 0 Å². The summed E-state index contributed by atoms with van der Waals surface area (Å²) in [5.41, 5.74) is 3.11. The van der Waals surface area contributed by atoms with E-state index in [1.54, 1.807) is 54.6 Å². The summed E-state index contributed by atoms with van der Waals surface area (Å²) in [5, 5.41) is 14.8. The number of rotatable bonds is 6. The minimum atomic E-state index is -0.423. The third kappa shape index (κ3) is 5.22. The van der Waals surface area contributed by atoms with Gasteiger partial charge in [-0.2, -0.15) is 0 Å². The molecule has 0 bridgehead atoms. The van der Waals surface area contributed by atoms with Crippen molar-refractivity contribution in [1.82, 2.24) is 4.98 Å². The van der Waals surface area contributed by atoms with Gasteiger partial charge in [0.25, 0.3) is 11.6 Å². The third-order valence-electron chi connectivity index (χ3n) is 5.91. The molecular formula is C29H17N3O4S3. The second-order valence-electron chi connectivity index (χ2n) is 8.50. The molecule has 0 saturated carbocycles. The lowest BCUT2D eigenvalue weighted by Gasteiger charge is -2.04. The zero-order valence-corrected chi connectivity index (χ0v) is 22.4. The van der Waals surface area contributed by atoms with E-state index in [9.17, 15) is 19.7 Å². The van der Waals surface area contributed by atoms with Crippen LogP contribution in [0.5, 0.6) is 0 Å². The van der Waals surface area contributed by atoms with Gasteiger partial charge < -0.3 is 5.32 Å². The Kier molecular flexibility index (Phi) is 6.74. The molecule has 4 aromatic carbocycles. The van der Waals surface area contributed by atoms with E-state index < -0.39 is 4.92 Å². The van der Waals surface area contributed by atoms with Crippen molar-refractivity contribution in [2.75, 3.05) is 5.32 Å². The van der Waals surface area contributed by atoms with Gasteiger partial charge in [0, 0.05) is 27.8 Å². The second-order valence-corrected chi connectivity index (χ2v) is 11.9. The smallest absolute Gasteiger partial charge is 0.283 e. The van der Waals surface area contributed by atoms with Crippen LogP contribution >= 0.6 is 34.9 Å². The highest BCUT2D eigenvalue weighted by Crippen LogP contribution is 2.42. The van der Waals surface area contributed by atoms with Gasteiger partial charge in [-0.3, -0.25) is 19.7 Å². The second kappa shape index (κ2) is 10.5. The van der Waals surface area contributed by atoms with E-state index in [1.807, 2.05) is 36.4 Å². The van der Waals surface area contributed by atoms with Crippen molar-refractivity contribution >= 4 is 74.2 Å². The molecule has 0 spiro atoms. The summed E-state index contributed by atoms with van der Waals surface area (Å²) in [7, 11) is 0. The van der Waals surface area contributed by atoms with Gasteiger partial charge in [0.15, 0.2) is 4.34 Å². The minimum absolute atomic E-state index is 0.0580. The van der Waals surface area contributed by atoms with Gasteiger partial charge >= 0.3 is 0 Å². The van der Waals surface area contributed by atoms with E-state index in [0.717, 1.165) is 15.1 Å². The minimum Gasteiger partial charge on any atom is -0.322 e. The number of carbonyl (C=O) groups excluding carboxylic acids is 2. The van der Waals surface area contributed by atoms with Crippen LogP contribution in [0.15, 0.2) is 110 Å². The van der Waals surface area contributed by atoms with Crippen molar-refractivity contribution < 1.29 is 14.5 Å². The normalized spacial score (nSPS) is 13.5. The van der Waals surface area contributed by atoms with E-state index >= 15 is 0 Å². The molecule has 190 valence electrons. The first-order chi connectivity index (χ1) is 18.9. The fraction of sp³-hybridized carbons (Fsp3) is 0. The van der Waals surface area contributed by atoms with Crippen LogP contribution in [-0.4, -0.2) is 21.6 Å².